The Morgan fingerprint density at radius 3 is 1.87 bits per heavy atom. The molecule has 0 aromatic rings. The largest absolute Gasteiger partial charge is 0.481 e. The quantitative estimate of drug-likeness (QED) is 0.141. The van der Waals surface area contributed by atoms with E-state index in [1.54, 1.807) is 13.8 Å². The fraction of sp³-hybridized carbons (Fsp3) is 0.706. The van der Waals surface area contributed by atoms with E-state index >= 15 is 0 Å². The molecule has 3 amide bonds. The standard InChI is InChI=1S/C17H30N4O8S/c1-4-7(2)13(21-15(26)12(18)8(3)22)16(27)19-9(5-11(23)24)14(25)20-10(6-30)17(28)29/h7-10,12-13,22,30H,4-6,18H2,1-3H3,(H,19,27)(H,20,25)(H,21,26)(H,23,24)(H,28,29). The molecule has 172 valence electrons. The predicted molar refractivity (Wildman–Crippen MR) is 109 cm³/mol. The normalized spacial score (nSPS) is 16.9. The maximum atomic E-state index is 12.7. The lowest BCUT2D eigenvalue weighted by molar-refractivity contribution is -0.143. The lowest BCUT2D eigenvalue weighted by Gasteiger charge is -2.27. The Hall–Kier alpha value is -2.38. The highest BCUT2D eigenvalue weighted by atomic mass is 32.1. The molecule has 12 nitrogen and oxygen atoms in total. The van der Waals surface area contributed by atoms with Crippen molar-refractivity contribution in [3.63, 3.8) is 0 Å². The van der Waals surface area contributed by atoms with Crippen molar-refractivity contribution in [1.29, 1.82) is 0 Å². The third-order valence-corrected chi connectivity index (χ3v) is 4.79. The minimum absolute atomic E-state index is 0.252. The van der Waals surface area contributed by atoms with E-state index in [1.807, 2.05) is 0 Å². The van der Waals surface area contributed by atoms with Gasteiger partial charge in [0.05, 0.1) is 12.5 Å². The van der Waals surface area contributed by atoms with Crippen LogP contribution in [0.4, 0.5) is 0 Å². The number of nitrogens with one attached hydrogen (secondary N) is 3. The van der Waals surface area contributed by atoms with E-state index in [1.165, 1.54) is 6.92 Å². The summed E-state index contributed by atoms with van der Waals surface area (Å²) in [4.78, 5) is 59.4. The molecule has 0 aliphatic rings. The van der Waals surface area contributed by atoms with Crippen LogP contribution in [-0.4, -0.2) is 81.0 Å². The molecule has 0 heterocycles. The lowest BCUT2D eigenvalue weighted by Crippen LogP contribution is -2.60. The van der Waals surface area contributed by atoms with Crippen LogP contribution in [-0.2, 0) is 24.0 Å². The highest BCUT2D eigenvalue weighted by Crippen LogP contribution is 2.10. The highest BCUT2D eigenvalue weighted by Gasteiger charge is 2.33. The molecule has 0 radical (unpaired) electrons. The van der Waals surface area contributed by atoms with Gasteiger partial charge in [-0.05, 0) is 12.8 Å². The van der Waals surface area contributed by atoms with Gasteiger partial charge in [0.1, 0.15) is 24.2 Å². The molecule has 0 bridgehead atoms. The Balaban J connectivity index is 5.51. The van der Waals surface area contributed by atoms with Crippen LogP contribution in [0.25, 0.3) is 0 Å². The molecule has 0 aliphatic heterocycles. The fourth-order valence-corrected chi connectivity index (χ4v) is 2.52. The monoisotopic (exact) mass is 450 g/mol. The van der Waals surface area contributed by atoms with E-state index in [9.17, 15) is 29.1 Å². The summed E-state index contributed by atoms with van der Waals surface area (Å²) >= 11 is 3.80. The molecule has 0 aromatic carbocycles. The van der Waals surface area contributed by atoms with Crippen molar-refractivity contribution in [3.05, 3.63) is 0 Å². The third-order valence-electron chi connectivity index (χ3n) is 4.42. The molecule has 6 unspecified atom stereocenters. The Morgan fingerprint density at radius 1 is 0.933 bits per heavy atom. The van der Waals surface area contributed by atoms with Gasteiger partial charge in [-0.2, -0.15) is 12.6 Å². The van der Waals surface area contributed by atoms with Crippen molar-refractivity contribution in [1.82, 2.24) is 16.0 Å². The Labute approximate surface area is 179 Å². The molecule has 0 saturated carbocycles. The number of aliphatic carboxylic acids is 2. The zero-order valence-corrected chi connectivity index (χ0v) is 17.9. The maximum absolute atomic E-state index is 12.7. The molecule has 6 atom stereocenters. The van der Waals surface area contributed by atoms with Crippen LogP contribution in [0.2, 0.25) is 0 Å². The molecule has 0 fully saturated rings. The molecule has 8 N–H and O–H groups in total. The molecular formula is C17H30N4O8S. The van der Waals surface area contributed by atoms with Crippen LogP contribution in [0, 0.1) is 5.92 Å². The summed E-state index contributed by atoms with van der Waals surface area (Å²) < 4.78 is 0. The first-order valence-corrected chi connectivity index (χ1v) is 9.89. The van der Waals surface area contributed by atoms with E-state index in [0.717, 1.165) is 0 Å². The summed E-state index contributed by atoms with van der Waals surface area (Å²) in [5, 5.41) is 34.2. The number of carbonyl (C=O) groups is 5. The molecule has 0 spiro atoms. The molecule has 0 aliphatic carbocycles. The molecule has 30 heavy (non-hydrogen) atoms. The lowest BCUT2D eigenvalue weighted by atomic mass is 9.97. The van der Waals surface area contributed by atoms with Crippen molar-refractivity contribution in [2.45, 2.75) is 63.9 Å². The van der Waals surface area contributed by atoms with Crippen LogP contribution in [0.3, 0.4) is 0 Å². The molecule has 13 heteroatoms. The van der Waals surface area contributed by atoms with Crippen molar-refractivity contribution in [2.24, 2.45) is 11.7 Å². The van der Waals surface area contributed by atoms with Gasteiger partial charge in [0.2, 0.25) is 17.7 Å². The maximum Gasteiger partial charge on any atom is 0.327 e. The number of rotatable bonds is 13. The van der Waals surface area contributed by atoms with Crippen molar-refractivity contribution < 1.29 is 39.3 Å². The van der Waals surface area contributed by atoms with Crippen LogP contribution < -0.4 is 21.7 Å². The van der Waals surface area contributed by atoms with E-state index in [-0.39, 0.29) is 5.75 Å². The number of carbonyl (C=O) groups excluding carboxylic acids is 3. The third kappa shape index (κ3) is 8.97. The number of nitrogens with two attached hydrogens (primary N) is 1. The van der Waals surface area contributed by atoms with E-state index in [2.05, 4.69) is 28.6 Å². The van der Waals surface area contributed by atoms with E-state index in [0.29, 0.717) is 6.42 Å². The van der Waals surface area contributed by atoms with Gasteiger partial charge >= 0.3 is 11.9 Å². The summed E-state index contributed by atoms with van der Waals surface area (Å²) in [6, 6.07) is -5.44. The van der Waals surface area contributed by atoms with Crippen molar-refractivity contribution in [3.8, 4) is 0 Å². The second-order valence-corrected chi connectivity index (χ2v) is 7.24. The predicted octanol–water partition coefficient (Wildman–Crippen LogP) is -2.32. The number of aliphatic hydroxyl groups excluding tert-OH is 1. The summed E-state index contributed by atoms with van der Waals surface area (Å²) in [5.41, 5.74) is 5.57. The Morgan fingerprint density at radius 2 is 1.47 bits per heavy atom. The number of amides is 3. The zero-order valence-electron chi connectivity index (χ0n) is 17.0. The van der Waals surface area contributed by atoms with E-state index < -0.39 is 72.3 Å². The van der Waals surface area contributed by atoms with Gasteiger partial charge in [0.15, 0.2) is 0 Å². The number of carboxylic acids is 2. The first-order chi connectivity index (χ1) is 13.8. The molecule has 0 rings (SSSR count). The van der Waals surface area contributed by atoms with Crippen LogP contribution in [0.15, 0.2) is 0 Å². The Kier molecular flexibility index (Phi) is 12.0. The van der Waals surface area contributed by atoms with Gasteiger partial charge in [0, 0.05) is 5.75 Å². The fourth-order valence-electron chi connectivity index (χ4n) is 2.27. The Bertz CT molecular complexity index is 645. The van der Waals surface area contributed by atoms with Gasteiger partial charge in [-0.3, -0.25) is 19.2 Å². The van der Waals surface area contributed by atoms with Crippen molar-refractivity contribution in [2.75, 3.05) is 5.75 Å². The smallest absolute Gasteiger partial charge is 0.327 e. The number of hydrogen-bond donors (Lipinski definition) is 8. The zero-order chi connectivity index (χ0) is 23.6. The average molecular weight is 451 g/mol. The highest BCUT2D eigenvalue weighted by molar-refractivity contribution is 7.80. The van der Waals surface area contributed by atoms with Crippen LogP contribution >= 0.6 is 12.6 Å². The van der Waals surface area contributed by atoms with Gasteiger partial charge in [0.25, 0.3) is 0 Å². The molecule has 0 aromatic heterocycles. The number of aliphatic hydroxyl groups is 1. The van der Waals surface area contributed by atoms with Crippen molar-refractivity contribution >= 4 is 42.3 Å². The van der Waals surface area contributed by atoms with E-state index in [4.69, 9.17) is 15.9 Å². The van der Waals surface area contributed by atoms with Crippen LogP contribution in [0.5, 0.6) is 0 Å². The number of carboxylic acid groups (broad SMARTS) is 2. The summed E-state index contributed by atoms with van der Waals surface area (Å²) in [7, 11) is 0. The topological polar surface area (TPSA) is 208 Å². The number of thiol groups is 1. The minimum Gasteiger partial charge on any atom is -0.481 e. The average Bonchev–Trinajstić information content (AvgIpc) is 2.66. The minimum atomic E-state index is -1.59. The summed E-state index contributed by atoms with van der Waals surface area (Å²) in [6.07, 6.45) is -1.55. The second kappa shape index (κ2) is 13.0. The first-order valence-electron chi connectivity index (χ1n) is 9.25. The van der Waals surface area contributed by atoms with Gasteiger partial charge in [-0.1, -0.05) is 20.3 Å². The first kappa shape index (κ1) is 27.6. The SMILES string of the molecule is CCC(C)C(NC(=O)C(N)C(C)O)C(=O)NC(CC(=O)O)C(=O)NC(CS)C(=O)O. The number of hydrogen-bond acceptors (Lipinski definition) is 8. The summed E-state index contributed by atoms with van der Waals surface area (Å²) in [6.45, 7) is 4.69. The molecule has 0 saturated heterocycles. The second-order valence-electron chi connectivity index (χ2n) is 6.88. The van der Waals surface area contributed by atoms with Gasteiger partial charge < -0.3 is 37.0 Å². The molecular weight excluding hydrogens is 420 g/mol. The van der Waals surface area contributed by atoms with Gasteiger partial charge in [-0.15, -0.1) is 0 Å². The summed E-state index contributed by atoms with van der Waals surface area (Å²) in [5.74, 6) is -6.14. The van der Waals surface area contributed by atoms with Crippen LogP contribution in [0.1, 0.15) is 33.6 Å². The van der Waals surface area contributed by atoms with Gasteiger partial charge in [-0.25, -0.2) is 4.79 Å².